The van der Waals surface area contributed by atoms with Gasteiger partial charge in [0.05, 0.1) is 11.3 Å². The Morgan fingerprint density at radius 2 is 1.56 bits per heavy atom. The van der Waals surface area contributed by atoms with Crippen molar-refractivity contribution in [2.24, 2.45) is 0 Å². The summed E-state index contributed by atoms with van der Waals surface area (Å²) in [7, 11) is 6.28. The van der Waals surface area contributed by atoms with Gasteiger partial charge in [0.1, 0.15) is 0 Å². The number of nitrogens with one attached hydrogen (secondary N) is 1. The maximum atomic E-state index is 4.73. The third-order valence-electron chi connectivity index (χ3n) is 5.19. The molecule has 0 radical (unpaired) electrons. The van der Waals surface area contributed by atoms with Crippen molar-refractivity contribution in [3.8, 4) is 22.4 Å². The van der Waals surface area contributed by atoms with Gasteiger partial charge in [-0.1, -0.05) is 12.1 Å². The normalized spacial score (nSPS) is 15.1. The summed E-state index contributed by atoms with van der Waals surface area (Å²) in [5, 5.41) is 8.03. The number of piperazine rings is 1. The van der Waals surface area contributed by atoms with Crippen molar-refractivity contribution in [2.75, 3.05) is 57.1 Å². The van der Waals surface area contributed by atoms with Gasteiger partial charge in [-0.15, -0.1) is 0 Å². The Labute approximate surface area is 160 Å². The second kappa shape index (κ2) is 7.40. The van der Waals surface area contributed by atoms with Gasteiger partial charge in [0.2, 0.25) is 0 Å². The number of hydrogen-bond donors (Lipinski definition) is 1. The monoisotopic (exact) mass is 362 g/mol. The zero-order chi connectivity index (χ0) is 18.8. The number of aromatic nitrogens is 3. The first-order valence-electron chi connectivity index (χ1n) is 9.33. The van der Waals surface area contributed by atoms with E-state index in [-0.39, 0.29) is 0 Å². The van der Waals surface area contributed by atoms with Gasteiger partial charge in [0.15, 0.2) is 5.82 Å². The van der Waals surface area contributed by atoms with E-state index in [1.807, 2.05) is 12.4 Å². The van der Waals surface area contributed by atoms with Gasteiger partial charge in [-0.3, -0.25) is 10.1 Å². The van der Waals surface area contributed by atoms with E-state index in [1.165, 1.54) is 5.69 Å². The molecule has 6 nitrogen and oxygen atoms in total. The van der Waals surface area contributed by atoms with E-state index < -0.39 is 0 Å². The quantitative estimate of drug-likeness (QED) is 0.773. The van der Waals surface area contributed by atoms with Crippen LogP contribution in [0.3, 0.4) is 0 Å². The lowest BCUT2D eigenvalue weighted by Crippen LogP contribution is -2.44. The molecule has 0 bridgehead atoms. The van der Waals surface area contributed by atoms with E-state index in [2.05, 4.69) is 82.3 Å². The fourth-order valence-corrected chi connectivity index (χ4v) is 3.51. The number of aromatic amines is 1. The molecule has 0 saturated carbocycles. The van der Waals surface area contributed by atoms with E-state index in [9.17, 15) is 0 Å². The summed E-state index contributed by atoms with van der Waals surface area (Å²) < 4.78 is 0. The molecule has 3 aromatic rings. The highest BCUT2D eigenvalue weighted by atomic mass is 15.3. The fourth-order valence-electron chi connectivity index (χ4n) is 3.51. The maximum absolute atomic E-state index is 4.73. The molecule has 1 aliphatic rings. The third kappa shape index (κ3) is 3.53. The van der Waals surface area contributed by atoms with Crippen LogP contribution in [0.1, 0.15) is 0 Å². The Morgan fingerprint density at radius 1 is 0.889 bits per heavy atom. The lowest BCUT2D eigenvalue weighted by molar-refractivity contribution is 0.312. The topological polar surface area (TPSA) is 51.3 Å². The first-order valence-corrected chi connectivity index (χ1v) is 9.33. The van der Waals surface area contributed by atoms with Gasteiger partial charge in [-0.2, -0.15) is 5.10 Å². The van der Waals surface area contributed by atoms with Crippen LogP contribution >= 0.6 is 0 Å². The minimum atomic E-state index is 0.985. The molecule has 1 aliphatic heterocycles. The SMILES string of the molecule is CN1CCN(c2n[nH]c(-c3ccc(N(C)C)cc3)c2-c2ccncc2)CC1. The van der Waals surface area contributed by atoms with Crippen molar-refractivity contribution in [3.63, 3.8) is 0 Å². The van der Waals surface area contributed by atoms with Gasteiger partial charge < -0.3 is 14.7 Å². The molecule has 4 rings (SSSR count). The van der Waals surface area contributed by atoms with Crippen LogP contribution in [-0.2, 0) is 0 Å². The molecule has 2 aromatic heterocycles. The molecule has 1 N–H and O–H groups in total. The minimum absolute atomic E-state index is 0.985. The van der Waals surface area contributed by atoms with Crippen molar-refractivity contribution >= 4 is 11.5 Å². The molecule has 1 saturated heterocycles. The molecule has 0 spiro atoms. The van der Waals surface area contributed by atoms with Crippen molar-refractivity contribution in [3.05, 3.63) is 48.8 Å². The predicted octanol–water partition coefficient (Wildman–Crippen LogP) is 2.96. The second-order valence-corrected chi connectivity index (χ2v) is 7.26. The summed E-state index contributed by atoms with van der Waals surface area (Å²) in [6, 6.07) is 12.7. The Balaban J connectivity index is 1.78. The number of likely N-dealkylation sites (N-methyl/N-ethyl adjacent to an activating group) is 1. The van der Waals surface area contributed by atoms with E-state index in [0.29, 0.717) is 0 Å². The summed E-state index contributed by atoms with van der Waals surface area (Å²) in [5.41, 5.74) is 5.67. The van der Waals surface area contributed by atoms with Crippen LogP contribution in [0.5, 0.6) is 0 Å². The minimum Gasteiger partial charge on any atom is -0.378 e. The molecule has 27 heavy (non-hydrogen) atoms. The molecule has 0 amide bonds. The number of H-pyrrole nitrogens is 1. The summed E-state index contributed by atoms with van der Waals surface area (Å²) in [4.78, 5) is 11.0. The standard InChI is InChI=1S/C21H26N6/c1-25(2)18-6-4-17(5-7-18)20-19(16-8-10-22-11-9-16)21(24-23-20)27-14-12-26(3)13-15-27/h4-11H,12-15H2,1-3H3,(H,23,24). The summed E-state index contributed by atoms with van der Waals surface area (Å²) in [6.07, 6.45) is 3.68. The number of rotatable bonds is 4. The van der Waals surface area contributed by atoms with Gasteiger partial charge >= 0.3 is 0 Å². The maximum Gasteiger partial charge on any atom is 0.159 e. The summed E-state index contributed by atoms with van der Waals surface area (Å²) in [6.45, 7) is 4.07. The van der Waals surface area contributed by atoms with E-state index in [4.69, 9.17) is 5.10 Å². The van der Waals surface area contributed by atoms with Crippen LogP contribution in [0.4, 0.5) is 11.5 Å². The van der Waals surface area contributed by atoms with Gasteiger partial charge in [0.25, 0.3) is 0 Å². The highest BCUT2D eigenvalue weighted by Crippen LogP contribution is 2.38. The molecule has 0 atom stereocenters. The molecule has 0 aliphatic carbocycles. The Bertz CT molecular complexity index is 877. The predicted molar refractivity (Wildman–Crippen MR) is 111 cm³/mol. The highest BCUT2D eigenvalue weighted by Gasteiger charge is 2.23. The number of pyridine rings is 1. The van der Waals surface area contributed by atoms with Crippen molar-refractivity contribution in [1.29, 1.82) is 0 Å². The van der Waals surface area contributed by atoms with Crippen LogP contribution in [-0.4, -0.2) is 67.4 Å². The van der Waals surface area contributed by atoms with E-state index in [0.717, 1.165) is 54.4 Å². The fraction of sp³-hybridized carbons (Fsp3) is 0.333. The van der Waals surface area contributed by atoms with Crippen LogP contribution < -0.4 is 9.80 Å². The molecule has 140 valence electrons. The molecular weight excluding hydrogens is 336 g/mol. The lowest BCUT2D eigenvalue weighted by atomic mass is 10.0. The zero-order valence-corrected chi connectivity index (χ0v) is 16.2. The molecule has 6 heteroatoms. The molecule has 0 unspecified atom stereocenters. The zero-order valence-electron chi connectivity index (χ0n) is 16.2. The largest absolute Gasteiger partial charge is 0.378 e. The first kappa shape index (κ1) is 17.5. The molecular formula is C21H26N6. The Kier molecular flexibility index (Phi) is 4.81. The van der Waals surface area contributed by atoms with Crippen molar-refractivity contribution in [2.45, 2.75) is 0 Å². The lowest BCUT2D eigenvalue weighted by Gasteiger charge is -2.33. The van der Waals surface area contributed by atoms with Gasteiger partial charge in [-0.05, 0) is 36.9 Å². The molecule has 1 fully saturated rings. The highest BCUT2D eigenvalue weighted by molar-refractivity contribution is 5.89. The average molecular weight is 362 g/mol. The number of anilines is 2. The number of benzene rings is 1. The van der Waals surface area contributed by atoms with Crippen LogP contribution in [0.15, 0.2) is 48.8 Å². The van der Waals surface area contributed by atoms with Gasteiger partial charge in [-0.25, -0.2) is 0 Å². The van der Waals surface area contributed by atoms with Crippen molar-refractivity contribution in [1.82, 2.24) is 20.1 Å². The van der Waals surface area contributed by atoms with Gasteiger partial charge in [0, 0.05) is 63.9 Å². The second-order valence-electron chi connectivity index (χ2n) is 7.26. The van der Waals surface area contributed by atoms with E-state index in [1.54, 1.807) is 0 Å². The number of hydrogen-bond acceptors (Lipinski definition) is 5. The van der Waals surface area contributed by atoms with Crippen LogP contribution in [0, 0.1) is 0 Å². The number of nitrogens with zero attached hydrogens (tertiary/aromatic N) is 5. The smallest absolute Gasteiger partial charge is 0.159 e. The average Bonchev–Trinajstić information content (AvgIpc) is 3.14. The third-order valence-corrected chi connectivity index (χ3v) is 5.19. The van der Waals surface area contributed by atoms with E-state index >= 15 is 0 Å². The Hall–Kier alpha value is -2.86. The molecule has 3 heterocycles. The Morgan fingerprint density at radius 3 is 2.19 bits per heavy atom. The summed E-state index contributed by atoms with van der Waals surface area (Å²) in [5.74, 6) is 1.03. The summed E-state index contributed by atoms with van der Waals surface area (Å²) >= 11 is 0. The first-order chi connectivity index (χ1) is 13.1. The van der Waals surface area contributed by atoms with Crippen LogP contribution in [0.25, 0.3) is 22.4 Å². The van der Waals surface area contributed by atoms with Crippen LogP contribution in [0.2, 0.25) is 0 Å². The molecule has 1 aromatic carbocycles. The van der Waals surface area contributed by atoms with Crippen molar-refractivity contribution < 1.29 is 0 Å².